The van der Waals surface area contributed by atoms with Gasteiger partial charge >= 0.3 is 11.9 Å². The van der Waals surface area contributed by atoms with Gasteiger partial charge < -0.3 is 34.3 Å². The number of aliphatic hydroxyl groups is 3. The highest BCUT2D eigenvalue weighted by Crippen LogP contribution is 2.24. The molecular weight excluding hydrogens is 729 g/mol. The minimum absolute atomic E-state index is 0.145. The minimum Gasteiger partial charge on any atom is -0.462 e. The molecule has 1 aliphatic heterocycles. The Balaban J connectivity index is 2.51. The number of aliphatic hydroxyl groups excluding tert-OH is 3. The van der Waals surface area contributed by atoms with E-state index in [1.807, 2.05) is 0 Å². The molecule has 0 saturated carbocycles. The fourth-order valence-corrected chi connectivity index (χ4v) is 6.79. The zero-order valence-corrected chi connectivity index (χ0v) is 34.6. The van der Waals surface area contributed by atoms with Crippen LogP contribution in [0.4, 0.5) is 0 Å². The lowest BCUT2D eigenvalue weighted by Crippen LogP contribution is -2.60. The van der Waals surface area contributed by atoms with E-state index in [4.69, 9.17) is 18.9 Å². The molecule has 0 aromatic rings. The molecule has 0 amide bonds. The third-order valence-electron chi connectivity index (χ3n) is 9.44. The van der Waals surface area contributed by atoms with Crippen LogP contribution in [0.1, 0.15) is 162 Å². The largest absolute Gasteiger partial charge is 0.462 e. The number of rotatable bonds is 34. The number of hydrogen-bond donors (Lipinski definition) is 4. The summed E-state index contributed by atoms with van der Waals surface area (Å²) in [5, 5.41) is 30.8. The van der Waals surface area contributed by atoms with Gasteiger partial charge in [-0.25, -0.2) is 0 Å². The topological polar surface area (TPSA) is 186 Å². The predicted octanol–water partition coefficient (Wildman–Crippen LogP) is 7.83. The van der Waals surface area contributed by atoms with Crippen molar-refractivity contribution in [2.24, 2.45) is 0 Å². The first-order chi connectivity index (χ1) is 26.5. The number of esters is 2. The smallest absolute Gasteiger partial charge is 0.306 e. The molecule has 6 atom stereocenters. The molecular formula is C42H74O12S. The molecule has 12 nitrogen and oxygen atoms in total. The van der Waals surface area contributed by atoms with Gasteiger partial charge in [-0.2, -0.15) is 8.42 Å². The first kappa shape index (κ1) is 50.9. The maximum absolute atomic E-state index is 12.8. The first-order valence-corrected chi connectivity index (χ1v) is 22.7. The van der Waals surface area contributed by atoms with E-state index in [9.17, 15) is 37.9 Å². The van der Waals surface area contributed by atoms with Gasteiger partial charge in [-0.1, -0.05) is 121 Å². The summed E-state index contributed by atoms with van der Waals surface area (Å²) in [6.07, 6.45) is 26.2. The summed E-state index contributed by atoms with van der Waals surface area (Å²) in [5.41, 5.74) is 0. The molecule has 13 heteroatoms. The van der Waals surface area contributed by atoms with E-state index in [2.05, 4.69) is 50.3 Å². The molecule has 2 unspecified atom stereocenters. The second kappa shape index (κ2) is 32.9. The summed E-state index contributed by atoms with van der Waals surface area (Å²) in [5.74, 6) is -2.02. The molecule has 0 aromatic carbocycles. The van der Waals surface area contributed by atoms with Gasteiger partial charge in [-0.15, -0.1) is 0 Å². The molecule has 0 bridgehead atoms. The fraction of sp³-hybridized carbons (Fsp3) is 0.810. The van der Waals surface area contributed by atoms with Crippen molar-refractivity contribution in [1.29, 1.82) is 0 Å². The third kappa shape index (κ3) is 28.0. The van der Waals surface area contributed by atoms with Crippen LogP contribution >= 0.6 is 0 Å². The van der Waals surface area contributed by atoms with Crippen LogP contribution < -0.4 is 0 Å². The molecule has 0 aliphatic carbocycles. The van der Waals surface area contributed by atoms with Crippen molar-refractivity contribution in [2.75, 3.05) is 19.0 Å². The van der Waals surface area contributed by atoms with Gasteiger partial charge in [0.15, 0.2) is 12.4 Å². The molecule has 320 valence electrons. The van der Waals surface area contributed by atoms with Crippen molar-refractivity contribution < 1.29 is 56.8 Å². The minimum atomic E-state index is -4.60. The van der Waals surface area contributed by atoms with Crippen molar-refractivity contribution >= 4 is 22.1 Å². The van der Waals surface area contributed by atoms with Gasteiger partial charge in [-0.05, 0) is 64.2 Å². The second-order valence-corrected chi connectivity index (χ2v) is 16.1. The maximum Gasteiger partial charge on any atom is 0.306 e. The summed E-state index contributed by atoms with van der Waals surface area (Å²) < 4.78 is 53.9. The highest BCUT2D eigenvalue weighted by molar-refractivity contribution is 7.85. The Morgan fingerprint density at radius 3 is 1.69 bits per heavy atom. The zero-order chi connectivity index (χ0) is 40.6. The van der Waals surface area contributed by atoms with Gasteiger partial charge in [0.2, 0.25) is 0 Å². The molecule has 1 saturated heterocycles. The Morgan fingerprint density at radius 1 is 0.618 bits per heavy atom. The number of hydrogen-bond acceptors (Lipinski definition) is 11. The molecule has 1 fully saturated rings. The Bertz CT molecular complexity index is 1170. The molecule has 1 aliphatic rings. The Labute approximate surface area is 331 Å². The molecule has 1 rings (SSSR count). The van der Waals surface area contributed by atoms with E-state index in [0.717, 1.165) is 70.6 Å². The lowest BCUT2D eigenvalue weighted by atomic mass is 10.00. The van der Waals surface area contributed by atoms with Gasteiger partial charge in [0.05, 0.1) is 6.61 Å². The van der Waals surface area contributed by atoms with Crippen molar-refractivity contribution in [3.63, 3.8) is 0 Å². The highest BCUT2D eigenvalue weighted by atomic mass is 32.2. The predicted molar refractivity (Wildman–Crippen MR) is 215 cm³/mol. The lowest BCUT2D eigenvalue weighted by Gasteiger charge is -2.40. The number of allylic oxidation sites excluding steroid dienone is 6. The number of ether oxygens (including phenoxy) is 4. The van der Waals surface area contributed by atoms with Crippen LogP contribution in [0.2, 0.25) is 0 Å². The molecule has 55 heavy (non-hydrogen) atoms. The molecule has 0 spiro atoms. The number of unbranched alkanes of at least 4 members (excludes halogenated alkanes) is 16. The maximum atomic E-state index is 12.8. The van der Waals surface area contributed by atoms with E-state index in [1.54, 1.807) is 0 Å². The first-order valence-electron chi connectivity index (χ1n) is 21.0. The Hall–Kier alpha value is -2.13. The van der Waals surface area contributed by atoms with Gasteiger partial charge in [0.1, 0.15) is 36.8 Å². The average molecular weight is 803 g/mol. The summed E-state index contributed by atoms with van der Waals surface area (Å²) in [6, 6.07) is 0. The summed E-state index contributed by atoms with van der Waals surface area (Å²) >= 11 is 0. The van der Waals surface area contributed by atoms with Crippen LogP contribution in [-0.2, 0) is 38.7 Å². The average Bonchev–Trinajstić information content (AvgIpc) is 3.14. The molecule has 0 aromatic heterocycles. The number of carbonyl (C=O) groups is 2. The van der Waals surface area contributed by atoms with Gasteiger partial charge in [-0.3, -0.25) is 14.1 Å². The zero-order valence-electron chi connectivity index (χ0n) is 33.8. The van der Waals surface area contributed by atoms with Crippen LogP contribution in [0.3, 0.4) is 0 Å². The summed E-state index contributed by atoms with van der Waals surface area (Å²) in [4.78, 5) is 25.3. The van der Waals surface area contributed by atoms with Crippen LogP contribution in [0.5, 0.6) is 0 Å². The fourth-order valence-electron chi connectivity index (χ4n) is 6.10. The normalized spacial score (nSPS) is 21.2. The molecule has 0 radical (unpaired) electrons. The monoisotopic (exact) mass is 802 g/mol. The van der Waals surface area contributed by atoms with Crippen LogP contribution in [-0.4, -0.2) is 96.0 Å². The lowest BCUT2D eigenvalue weighted by molar-refractivity contribution is -0.297. The van der Waals surface area contributed by atoms with E-state index in [0.29, 0.717) is 12.8 Å². The van der Waals surface area contributed by atoms with Crippen molar-refractivity contribution in [1.82, 2.24) is 0 Å². The van der Waals surface area contributed by atoms with Gasteiger partial charge in [0.25, 0.3) is 10.1 Å². The quantitative estimate of drug-likeness (QED) is 0.0214. The standard InChI is InChI=1S/C42H74O12S/c1-3-5-7-9-11-13-15-17-19-21-23-25-27-29-31-38(44)53-35(33-52-42-41(47)40(46)39(45)36(54-42)34-55(48,49)50)32-51-37(43)30-28-26-24-22-20-18-16-14-12-10-8-6-4-2/h9,11,15,17-18,20,35-36,39-42,45-47H,3-8,10,12-14,16,19,21-34H2,1-2H3,(H,48,49,50)/b11-9+,17-15+,20-18+/t35-,36-,39-,40?,41?,42+/m1/s1. The molecule has 1 heterocycles. The van der Waals surface area contributed by atoms with Crippen molar-refractivity contribution in [3.8, 4) is 0 Å². The van der Waals surface area contributed by atoms with Gasteiger partial charge in [0, 0.05) is 12.8 Å². The van der Waals surface area contributed by atoms with Crippen LogP contribution in [0, 0.1) is 0 Å². The Kier molecular flexibility index (Phi) is 30.4. The van der Waals surface area contributed by atoms with E-state index in [-0.39, 0.29) is 19.4 Å². The van der Waals surface area contributed by atoms with E-state index < -0.39 is 71.2 Å². The van der Waals surface area contributed by atoms with Crippen molar-refractivity contribution in [3.05, 3.63) is 36.5 Å². The summed E-state index contributed by atoms with van der Waals surface area (Å²) in [7, 11) is -4.60. The third-order valence-corrected chi connectivity index (χ3v) is 10.2. The number of carbonyl (C=O) groups excluding carboxylic acids is 2. The SMILES string of the molecule is CCCC/C=C/C/C=C/CCCCCCCC(=O)O[C@H](COC(=O)CCCCC/C=C/CCCCCCCC)CO[C@H]1O[C@H](CS(=O)(=O)O)[C@@H](O)C(O)C1O. The van der Waals surface area contributed by atoms with Crippen LogP contribution in [0.25, 0.3) is 0 Å². The Morgan fingerprint density at radius 2 is 1.11 bits per heavy atom. The van der Waals surface area contributed by atoms with Crippen molar-refractivity contribution in [2.45, 2.75) is 198 Å². The van der Waals surface area contributed by atoms with E-state index in [1.165, 1.54) is 51.4 Å². The molecule has 4 N–H and O–H groups in total. The van der Waals surface area contributed by atoms with E-state index >= 15 is 0 Å². The van der Waals surface area contributed by atoms with Crippen LogP contribution in [0.15, 0.2) is 36.5 Å². The summed E-state index contributed by atoms with van der Waals surface area (Å²) in [6.45, 7) is 3.66. The second-order valence-electron chi connectivity index (χ2n) is 14.6. The highest BCUT2D eigenvalue weighted by Gasteiger charge is 2.46.